The van der Waals surface area contributed by atoms with E-state index in [1.807, 2.05) is 73.0 Å². The first kappa shape index (κ1) is 36.7. The van der Waals surface area contributed by atoms with Crippen LogP contribution >= 0.6 is 11.8 Å². The summed E-state index contributed by atoms with van der Waals surface area (Å²) in [6, 6.07) is 17.8. The first-order valence-corrected chi connectivity index (χ1v) is 18.8. The van der Waals surface area contributed by atoms with Crippen molar-refractivity contribution in [2.75, 3.05) is 45.6 Å². The smallest absolute Gasteiger partial charge is 0.237 e. The second-order valence-electron chi connectivity index (χ2n) is 13.0. The number of nitrogens with zero attached hydrogens (tertiary/aromatic N) is 8. The Morgan fingerprint density at radius 1 is 1.12 bits per heavy atom. The molecule has 7 rings (SSSR count). The summed E-state index contributed by atoms with van der Waals surface area (Å²) < 4.78 is 7.19. The van der Waals surface area contributed by atoms with E-state index in [-0.39, 0.29) is 18.6 Å². The first-order chi connectivity index (χ1) is 25.3. The minimum absolute atomic E-state index is 0.0474. The fourth-order valence-corrected chi connectivity index (χ4v) is 6.97. The highest BCUT2D eigenvalue weighted by molar-refractivity contribution is 7.99. The normalized spacial score (nSPS) is 16.4. The number of amides is 1. The van der Waals surface area contributed by atoms with Crippen LogP contribution in [0.3, 0.4) is 0 Å². The molecule has 1 atom stereocenters. The van der Waals surface area contributed by atoms with Gasteiger partial charge in [0.25, 0.3) is 0 Å². The second-order valence-corrected chi connectivity index (χ2v) is 14.1. The van der Waals surface area contributed by atoms with Gasteiger partial charge in [-0.05, 0) is 74.9 Å². The summed E-state index contributed by atoms with van der Waals surface area (Å²) in [5.74, 6) is 1.51. The molecule has 2 aliphatic rings. The number of nitrogens with two attached hydrogens (primary N) is 1. The molecular weight excluding hydrogens is 677 g/mol. The molecule has 13 nitrogen and oxygen atoms in total. The maximum Gasteiger partial charge on any atom is 0.237 e. The molecule has 4 N–H and O–H groups in total. The number of aromatic amines is 1. The van der Waals surface area contributed by atoms with E-state index < -0.39 is 0 Å². The molecule has 0 saturated carbocycles. The fraction of sp³-hybridized carbons (Fsp3) is 0.368. The number of ether oxygens (including phenoxy) is 1. The van der Waals surface area contributed by atoms with Crippen LogP contribution in [-0.2, 0) is 11.3 Å². The van der Waals surface area contributed by atoms with Crippen molar-refractivity contribution >= 4 is 46.2 Å². The zero-order valence-corrected chi connectivity index (χ0v) is 30.7. The van der Waals surface area contributed by atoms with Crippen molar-refractivity contribution in [2.24, 2.45) is 10.7 Å². The van der Waals surface area contributed by atoms with Crippen LogP contribution < -0.4 is 10.5 Å². The summed E-state index contributed by atoms with van der Waals surface area (Å²) in [5, 5.41) is 22.4. The van der Waals surface area contributed by atoms with Crippen molar-refractivity contribution in [3.63, 3.8) is 0 Å². The van der Waals surface area contributed by atoms with Crippen LogP contribution in [0, 0.1) is 0 Å². The van der Waals surface area contributed by atoms with Gasteiger partial charge < -0.3 is 20.5 Å². The number of aliphatic hydroxyl groups is 1. The Morgan fingerprint density at radius 3 is 2.60 bits per heavy atom. The summed E-state index contributed by atoms with van der Waals surface area (Å²) in [6.07, 6.45) is 11.2. The van der Waals surface area contributed by atoms with Crippen molar-refractivity contribution in [3.05, 3.63) is 78.8 Å². The molecule has 1 amide bonds. The van der Waals surface area contributed by atoms with Gasteiger partial charge in [0.1, 0.15) is 12.0 Å². The van der Waals surface area contributed by atoms with Gasteiger partial charge in [0.15, 0.2) is 5.82 Å². The number of rotatable bonds is 11. The number of hydrogen-bond donors (Lipinski definition) is 3. The molecule has 5 aromatic rings. The fourth-order valence-electron chi connectivity index (χ4n) is 6.27. The number of fused-ring (bicyclic) bond motifs is 1. The summed E-state index contributed by atoms with van der Waals surface area (Å²) in [7, 11) is 0. The number of aliphatic imine (C=N–C) groups is 1. The molecule has 5 heterocycles. The Kier molecular flexibility index (Phi) is 12.3. The maximum absolute atomic E-state index is 12.7. The van der Waals surface area contributed by atoms with E-state index in [0.717, 1.165) is 59.5 Å². The topological polar surface area (TPSA) is 164 Å². The molecule has 0 unspecified atom stereocenters. The Labute approximate surface area is 308 Å². The zero-order valence-electron chi connectivity index (χ0n) is 29.9. The lowest BCUT2D eigenvalue weighted by Gasteiger charge is -2.28. The lowest BCUT2D eigenvalue weighted by atomic mass is 9.98. The Morgan fingerprint density at radius 2 is 1.92 bits per heavy atom. The third kappa shape index (κ3) is 9.24. The highest BCUT2D eigenvalue weighted by atomic mass is 32.2. The molecule has 1 fully saturated rings. The van der Waals surface area contributed by atoms with Gasteiger partial charge in [-0.3, -0.25) is 19.5 Å². The SMILES string of the molecule is CC(C)Oc1ccc(-c2n[nH]c3ccc(N=CN)cc23)cn1.CS[C@H]1CCN(CC(=O)N2CC=C(c3ccc(-c4ncn(CCO)n4)cc3)CC2)C1. The molecule has 2 aliphatic heterocycles. The molecule has 1 saturated heterocycles. The van der Waals surface area contributed by atoms with Crippen LogP contribution in [-0.4, -0.2) is 114 Å². The number of benzene rings is 2. The van der Waals surface area contributed by atoms with E-state index in [1.54, 1.807) is 17.2 Å². The molecular formula is C38H46N10O3S. The van der Waals surface area contributed by atoms with Gasteiger partial charge in [0.2, 0.25) is 11.8 Å². The molecule has 272 valence electrons. The van der Waals surface area contributed by atoms with Crippen LogP contribution in [0.5, 0.6) is 5.88 Å². The van der Waals surface area contributed by atoms with E-state index in [0.29, 0.717) is 36.6 Å². The third-order valence-electron chi connectivity index (χ3n) is 9.00. The lowest BCUT2D eigenvalue weighted by Crippen LogP contribution is -2.41. The molecule has 0 bridgehead atoms. The number of aliphatic hydroxyl groups excluding tert-OH is 1. The summed E-state index contributed by atoms with van der Waals surface area (Å²) in [5.41, 5.74) is 12.2. The Balaban J connectivity index is 0.000000187. The monoisotopic (exact) mass is 722 g/mol. The largest absolute Gasteiger partial charge is 0.475 e. The van der Waals surface area contributed by atoms with Crippen molar-refractivity contribution in [1.29, 1.82) is 0 Å². The average molecular weight is 723 g/mol. The van der Waals surface area contributed by atoms with Gasteiger partial charge in [-0.25, -0.2) is 15.0 Å². The van der Waals surface area contributed by atoms with Crippen molar-refractivity contribution < 1.29 is 14.6 Å². The van der Waals surface area contributed by atoms with Gasteiger partial charge in [-0.2, -0.15) is 22.0 Å². The molecule has 52 heavy (non-hydrogen) atoms. The maximum atomic E-state index is 12.7. The number of nitrogens with one attached hydrogen (secondary N) is 1. The highest BCUT2D eigenvalue weighted by Gasteiger charge is 2.26. The van der Waals surface area contributed by atoms with E-state index in [2.05, 4.69) is 59.6 Å². The number of pyridine rings is 1. The van der Waals surface area contributed by atoms with E-state index in [4.69, 9.17) is 15.6 Å². The summed E-state index contributed by atoms with van der Waals surface area (Å²) in [6.45, 7) is 8.50. The van der Waals surface area contributed by atoms with Crippen molar-refractivity contribution in [1.82, 2.24) is 39.7 Å². The molecule has 3 aromatic heterocycles. The Hall–Kier alpha value is -5.05. The lowest BCUT2D eigenvalue weighted by molar-refractivity contribution is -0.131. The van der Waals surface area contributed by atoms with Crippen LogP contribution in [0.2, 0.25) is 0 Å². The van der Waals surface area contributed by atoms with E-state index >= 15 is 0 Å². The average Bonchev–Trinajstić information content (AvgIpc) is 3.93. The van der Waals surface area contributed by atoms with E-state index in [9.17, 15) is 4.79 Å². The number of carbonyl (C=O) groups is 1. The minimum Gasteiger partial charge on any atom is -0.475 e. The summed E-state index contributed by atoms with van der Waals surface area (Å²) in [4.78, 5) is 29.6. The van der Waals surface area contributed by atoms with Gasteiger partial charge in [-0.1, -0.05) is 30.3 Å². The molecule has 14 heteroatoms. The van der Waals surface area contributed by atoms with Crippen LogP contribution in [0.1, 0.15) is 32.3 Å². The first-order valence-electron chi connectivity index (χ1n) is 17.5. The van der Waals surface area contributed by atoms with Crippen molar-refractivity contribution in [3.8, 4) is 28.5 Å². The number of hydrogen-bond acceptors (Lipinski definition) is 10. The standard InChI is InChI=1S/C22H29N5O2S.C16H17N5O/c1-30-20-8-9-25(14-20)15-21(29)26-10-6-18(7-11-26)17-2-4-19(5-3-17)22-23-16-27(24-22)12-13-28;1-10(2)22-15-6-3-11(8-18-15)16-13-7-12(19-9-17)4-5-14(13)20-21-16/h2-6,16,20,28H,7-15H2,1H3;3-10H,1-2H3,(H2,17,19)(H,20,21)/t20-;/m0./s1. The molecule has 0 radical (unpaired) electrons. The van der Waals surface area contributed by atoms with Gasteiger partial charge in [0, 0.05) is 53.7 Å². The number of carbonyl (C=O) groups excluding carboxylic acids is 1. The molecule has 0 aliphatic carbocycles. The van der Waals surface area contributed by atoms with Gasteiger partial charge in [0.05, 0.1) is 43.3 Å². The van der Waals surface area contributed by atoms with Gasteiger partial charge >= 0.3 is 0 Å². The molecule has 2 aromatic carbocycles. The number of H-pyrrole nitrogens is 1. The summed E-state index contributed by atoms with van der Waals surface area (Å²) >= 11 is 1.90. The Bertz CT molecular complexity index is 1990. The number of thioether (sulfide) groups is 1. The van der Waals surface area contributed by atoms with Gasteiger partial charge in [-0.15, -0.1) is 0 Å². The minimum atomic E-state index is 0.0474. The van der Waals surface area contributed by atoms with Crippen LogP contribution in [0.25, 0.3) is 39.1 Å². The predicted octanol–water partition coefficient (Wildman–Crippen LogP) is 5.02. The highest BCUT2D eigenvalue weighted by Crippen LogP contribution is 2.30. The zero-order chi connectivity index (χ0) is 36.5. The third-order valence-corrected chi connectivity index (χ3v) is 10.1. The quantitative estimate of drug-likeness (QED) is 0.125. The second kappa shape index (κ2) is 17.4. The predicted molar refractivity (Wildman–Crippen MR) is 208 cm³/mol. The van der Waals surface area contributed by atoms with Crippen LogP contribution in [0.15, 0.2) is 78.2 Å². The number of aromatic nitrogens is 6. The van der Waals surface area contributed by atoms with Crippen molar-refractivity contribution in [2.45, 2.75) is 44.6 Å². The molecule has 0 spiro atoms. The number of likely N-dealkylation sites (tertiary alicyclic amines) is 1. The van der Waals surface area contributed by atoms with E-state index in [1.165, 1.54) is 23.9 Å². The van der Waals surface area contributed by atoms with Crippen LogP contribution in [0.4, 0.5) is 5.69 Å².